The molecule has 0 aliphatic heterocycles. The third-order valence-electron chi connectivity index (χ3n) is 5.09. The Kier molecular flexibility index (Phi) is 7.25. The minimum Gasteiger partial charge on any atom is -0.507 e. The minimum atomic E-state index is -0.480. The normalized spacial score (nSPS) is 18.1. The zero-order chi connectivity index (χ0) is 22.4. The lowest BCUT2D eigenvalue weighted by atomic mass is 9.89. The van der Waals surface area contributed by atoms with Crippen LogP contribution >= 0.6 is 0 Å². The summed E-state index contributed by atoms with van der Waals surface area (Å²) in [5, 5.41) is 16.6. The SMILES string of the molecule is CCOC1(C)CC(CNc2cccc(NC(=O)c3cc([ClH+])ccc3O)c2)=CC=C1OC. The number of phenols is 1. The predicted molar refractivity (Wildman–Crippen MR) is 119 cm³/mol. The maximum absolute atomic E-state index is 12.5. The van der Waals surface area contributed by atoms with Crippen molar-refractivity contribution < 1.29 is 31.0 Å². The number of benzene rings is 2. The summed E-state index contributed by atoms with van der Waals surface area (Å²) in [6.07, 6.45) is 4.72. The van der Waals surface area contributed by atoms with Crippen LogP contribution in [0.1, 0.15) is 30.6 Å². The Labute approximate surface area is 187 Å². The molecule has 0 radical (unpaired) electrons. The van der Waals surface area contributed by atoms with Gasteiger partial charge >= 0.3 is 0 Å². The molecule has 0 heterocycles. The summed E-state index contributed by atoms with van der Waals surface area (Å²) in [6, 6.07) is 11.9. The van der Waals surface area contributed by atoms with Crippen molar-refractivity contribution in [3.8, 4) is 5.75 Å². The lowest BCUT2D eigenvalue weighted by Gasteiger charge is -2.34. The zero-order valence-electron chi connectivity index (χ0n) is 17.9. The van der Waals surface area contributed by atoms with Crippen molar-refractivity contribution in [3.63, 3.8) is 0 Å². The molecule has 1 unspecified atom stereocenters. The highest BCUT2D eigenvalue weighted by molar-refractivity contribution is 6.06. The van der Waals surface area contributed by atoms with E-state index in [0.29, 0.717) is 23.9 Å². The maximum atomic E-state index is 12.5. The van der Waals surface area contributed by atoms with Gasteiger partial charge in [0.2, 0.25) is 5.02 Å². The molecule has 0 saturated carbocycles. The first-order valence-electron chi connectivity index (χ1n) is 10.1. The molecule has 2 aromatic rings. The summed E-state index contributed by atoms with van der Waals surface area (Å²) < 4.78 is 11.4. The number of amides is 1. The number of rotatable bonds is 8. The first-order valence-corrected chi connectivity index (χ1v) is 10.5. The number of ether oxygens (including phenoxy) is 2. The fourth-order valence-electron chi connectivity index (χ4n) is 3.61. The van der Waals surface area contributed by atoms with Gasteiger partial charge in [0.15, 0.2) is 11.6 Å². The van der Waals surface area contributed by atoms with Crippen molar-refractivity contribution in [3.05, 3.63) is 76.5 Å². The van der Waals surface area contributed by atoms with Gasteiger partial charge in [-0.25, -0.2) is 0 Å². The molecule has 1 aliphatic carbocycles. The van der Waals surface area contributed by atoms with E-state index in [1.54, 1.807) is 19.2 Å². The average Bonchev–Trinajstić information content (AvgIpc) is 2.74. The summed E-state index contributed by atoms with van der Waals surface area (Å²) >= 11 is 5.08. The fraction of sp³-hybridized carbons (Fsp3) is 0.292. The Morgan fingerprint density at radius 2 is 1.97 bits per heavy atom. The maximum Gasteiger partial charge on any atom is 0.259 e. The predicted octanol–water partition coefficient (Wildman–Crippen LogP) is 4.41. The molecule has 3 N–H and O–H groups in total. The van der Waals surface area contributed by atoms with Crippen molar-refractivity contribution in [2.75, 3.05) is 30.9 Å². The van der Waals surface area contributed by atoms with E-state index >= 15 is 0 Å². The molecule has 31 heavy (non-hydrogen) atoms. The van der Waals surface area contributed by atoms with E-state index in [4.69, 9.17) is 21.1 Å². The van der Waals surface area contributed by atoms with Gasteiger partial charge in [-0.15, -0.1) is 0 Å². The molecule has 6 nitrogen and oxygen atoms in total. The van der Waals surface area contributed by atoms with Gasteiger partial charge in [0, 0.05) is 43.1 Å². The number of nitrogens with one attached hydrogen (secondary N) is 2. The second-order valence-electron chi connectivity index (χ2n) is 7.47. The van der Waals surface area contributed by atoms with Gasteiger partial charge in [0.25, 0.3) is 5.91 Å². The van der Waals surface area contributed by atoms with Crippen molar-refractivity contribution in [2.24, 2.45) is 0 Å². The molecule has 0 bridgehead atoms. The van der Waals surface area contributed by atoms with Gasteiger partial charge in [0.05, 0.1) is 12.7 Å². The molecule has 2 aromatic carbocycles. The first-order chi connectivity index (χ1) is 14.8. The van der Waals surface area contributed by atoms with Gasteiger partial charge in [-0.05, 0) is 49.8 Å². The summed E-state index contributed by atoms with van der Waals surface area (Å²) in [6.45, 7) is 5.23. The van der Waals surface area contributed by atoms with Crippen LogP contribution in [0.2, 0.25) is 5.02 Å². The number of halogens is 1. The second kappa shape index (κ2) is 9.90. The van der Waals surface area contributed by atoms with Crippen LogP contribution in [0.4, 0.5) is 11.4 Å². The molecule has 1 amide bonds. The quantitative estimate of drug-likeness (QED) is 0.563. The molecule has 0 aromatic heterocycles. The highest BCUT2D eigenvalue weighted by Gasteiger charge is 2.34. The number of carbonyl (C=O) groups is 1. The van der Waals surface area contributed by atoms with Gasteiger partial charge in [-0.3, -0.25) is 4.79 Å². The zero-order valence-corrected chi connectivity index (χ0v) is 18.7. The number of methoxy groups -OCH3 is 1. The molecule has 0 fully saturated rings. The summed E-state index contributed by atoms with van der Waals surface area (Å²) in [4.78, 5) is 12.5. The molecule has 0 saturated heterocycles. The summed E-state index contributed by atoms with van der Waals surface area (Å²) in [5.74, 6) is 0.292. The van der Waals surface area contributed by atoms with Crippen LogP contribution in [0.5, 0.6) is 5.75 Å². The lowest BCUT2D eigenvalue weighted by Crippen LogP contribution is -2.35. The topological polar surface area (TPSA) is 79.8 Å². The van der Waals surface area contributed by atoms with E-state index in [2.05, 4.69) is 10.6 Å². The van der Waals surface area contributed by atoms with Crippen molar-refractivity contribution in [1.82, 2.24) is 0 Å². The highest BCUT2D eigenvalue weighted by Crippen LogP contribution is 2.33. The fourth-order valence-corrected chi connectivity index (χ4v) is 3.80. The Hall–Kier alpha value is -2.96. The number of anilines is 2. The number of carbonyl (C=O) groups excluding carboxylic acids is 1. The molecule has 0 spiro atoms. The Bertz CT molecular complexity index is 1020. The number of allylic oxidation sites excluding steroid dienone is 2. The number of hydrogen-bond donors (Lipinski definition) is 3. The molecule has 1 aliphatic rings. The lowest BCUT2D eigenvalue weighted by molar-refractivity contribution is -0.288. The smallest absolute Gasteiger partial charge is 0.259 e. The van der Waals surface area contributed by atoms with Gasteiger partial charge in [-0.1, -0.05) is 12.1 Å². The molecular weight excluding hydrogens is 416 g/mol. The van der Waals surface area contributed by atoms with Crippen LogP contribution in [-0.4, -0.2) is 36.9 Å². The monoisotopic (exact) mass is 443 g/mol. The van der Waals surface area contributed by atoms with Crippen LogP contribution in [0.3, 0.4) is 0 Å². The van der Waals surface area contributed by atoms with E-state index in [1.807, 2.05) is 44.2 Å². The highest BCUT2D eigenvalue weighted by atomic mass is 35.5. The van der Waals surface area contributed by atoms with Gasteiger partial charge < -0.3 is 25.2 Å². The molecule has 3 rings (SSSR count). The first kappa shape index (κ1) is 22.7. The number of aromatic hydroxyl groups is 1. The van der Waals surface area contributed by atoms with Crippen LogP contribution < -0.4 is 10.6 Å². The van der Waals surface area contributed by atoms with E-state index in [9.17, 15) is 9.90 Å². The second-order valence-corrected chi connectivity index (χ2v) is 7.94. The average molecular weight is 444 g/mol. The Morgan fingerprint density at radius 3 is 2.71 bits per heavy atom. The molecule has 7 heteroatoms. The third-order valence-corrected chi connectivity index (χ3v) is 5.35. The van der Waals surface area contributed by atoms with E-state index in [1.165, 1.54) is 17.7 Å². The van der Waals surface area contributed by atoms with E-state index in [-0.39, 0.29) is 11.3 Å². The van der Waals surface area contributed by atoms with Crippen LogP contribution in [0, 0.1) is 11.6 Å². The Balaban J connectivity index is 1.66. The van der Waals surface area contributed by atoms with E-state index in [0.717, 1.165) is 17.9 Å². The molecule has 164 valence electrons. The van der Waals surface area contributed by atoms with Gasteiger partial charge in [-0.2, -0.15) is 0 Å². The third kappa shape index (κ3) is 5.60. The van der Waals surface area contributed by atoms with Crippen LogP contribution in [0.15, 0.2) is 65.9 Å². The summed E-state index contributed by atoms with van der Waals surface area (Å²) in [7, 11) is 1.66. The van der Waals surface area contributed by atoms with Crippen molar-refractivity contribution in [1.29, 1.82) is 0 Å². The van der Waals surface area contributed by atoms with Crippen molar-refractivity contribution >= 4 is 17.3 Å². The number of phenolic OH excluding ortho intramolecular Hbond substituents is 1. The van der Waals surface area contributed by atoms with Crippen LogP contribution in [-0.2, 0) is 9.47 Å². The largest absolute Gasteiger partial charge is 0.507 e. The van der Waals surface area contributed by atoms with E-state index < -0.39 is 11.5 Å². The standard InChI is InChI=1S/C24H27ClN2O4/c1-4-31-24(2)14-16(8-11-22(24)30-3)15-26-18-6-5-7-19(13-18)27-23(29)20-12-17(25)9-10-21(20)28/h5-13,25-26H,4,14-15H2,1-3H3,(H-,27,28,29)/p+1. The number of hydrogen-bond acceptors (Lipinski definition) is 5. The van der Waals surface area contributed by atoms with Crippen LogP contribution in [0.25, 0.3) is 0 Å². The molecular formula is C24H28ClN2O4+. The van der Waals surface area contributed by atoms with Crippen molar-refractivity contribution in [2.45, 2.75) is 25.9 Å². The Morgan fingerprint density at radius 1 is 1.19 bits per heavy atom. The molecule has 1 atom stereocenters. The minimum absolute atomic E-state index is 0.106. The van der Waals surface area contributed by atoms with Gasteiger partial charge in [0.1, 0.15) is 17.1 Å². The summed E-state index contributed by atoms with van der Waals surface area (Å²) in [5.41, 5.74) is 2.32.